The summed E-state index contributed by atoms with van der Waals surface area (Å²) in [6, 6.07) is 15.3. The third-order valence-corrected chi connectivity index (χ3v) is 10.9. The minimum atomic E-state index is -1.40. The van der Waals surface area contributed by atoms with Crippen LogP contribution in [0.15, 0.2) is 77.3 Å². The molecule has 266 valence electrons. The van der Waals surface area contributed by atoms with Gasteiger partial charge in [-0.25, -0.2) is 0 Å². The van der Waals surface area contributed by atoms with Crippen molar-refractivity contribution in [3.05, 3.63) is 82.9 Å². The number of halogens is 1. The Labute approximate surface area is 301 Å². The molecule has 2 aromatic rings. The number of ether oxygens (including phenoxy) is 2. The Kier molecular flexibility index (Phi) is 11.1. The van der Waals surface area contributed by atoms with Crippen molar-refractivity contribution in [2.45, 2.75) is 63.3 Å². The minimum Gasteiger partial charge on any atom is -0.463 e. The number of aliphatic hydroxyl groups is 1. The summed E-state index contributed by atoms with van der Waals surface area (Å²) in [5.74, 6) is -3.42. The summed E-state index contributed by atoms with van der Waals surface area (Å²) in [5, 5.41) is 12.6. The number of unbranched alkanes of at least 4 members (excludes halogenated alkanes) is 1. The first-order valence-electron chi connectivity index (χ1n) is 17.5. The number of carbonyl (C=O) groups is 4. The zero-order valence-electron chi connectivity index (χ0n) is 28.5. The number of carbonyl (C=O) groups excluding carboxylic acids is 4. The summed E-state index contributed by atoms with van der Waals surface area (Å²) in [7, 11) is 0. The molecular weight excluding hydrogens is 704 g/mol. The molecule has 3 amide bonds. The SMILES string of the molecule is CCN(CC)c1ccc(N2C/C=C\CCC(=O)OC[C@H](c3ccccc3)NC(=O)[C@H]3[C@@H]4O[C@@]5(C=C4Br)[C@@H]3C(=O)N(CCCCO)[C@@H]5C2=O)cc1. The molecule has 2 saturated heterocycles. The number of aliphatic hydroxyl groups excluding tert-OH is 1. The first kappa shape index (κ1) is 35.8. The van der Waals surface area contributed by atoms with Crippen LogP contribution in [0.5, 0.6) is 0 Å². The van der Waals surface area contributed by atoms with Gasteiger partial charge in [0.15, 0.2) is 0 Å². The maximum Gasteiger partial charge on any atom is 0.306 e. The highest BCUT2D eigenvalue weighted by Gasteiger charge is 2.74. The smallest absolute Gasteiger partial charge is 0.306 e. The van der Waals surface area contributed by atoms with Crippen LogP contribution in [-0.4, -0.2) is 90.8 Å². The van der Waals surface area contributed by atoms with Gasteiger partial charge in [-0.3, -0.25) is 19.2 Å². The summed E-state index contributed by atoms with van der Waals surface area (Å²) < 4.78 is 12.9. The molecule has 0 radical (unpaired) electrons. The molecule has 2 N–H and O–H groups in total. The molecule has 1 spiro atoms. The van der Waals surface area contributed by atoms with E-state index in [4.69, 9.17) is 9.47 Å². The highest BCUT2D eigenvalue weighted by atomic mass is 79.9. The number of benzene rings is 2. The van der Waals surface area contributed by atoms with E-state index in [2.05, 4.69) is 40.0 Å². The lowest BCUT2D eigenvalue weighted by molar-refractivity contribution is -0.145. The number of hydrogen-bond donors (Lipinski definition) is 2. The molecule has 4 aliphatic rings. The molecule has 11 nitrogen and oxygen atoms in total. The van der Waals surface area contributed by atoms with Crippen molar-refractivity contribution in [3.8, 4) is 0 Å². The van der Waals surface area contributed by atoms with Gasteiger partial charge in [-0.05, 0) is 69.0 Å². The summed E-state index contributed by atoms with van der Waals surface area (Å²) in [5.41, 5.74) is 1.02. The van der Waals surface area contributed by atoms with E-state index < -0.39 is 47.5 Å². The van der Waals surface area contributed by atoms with Crippen molar-refractivity contribution in [2.24, 2.45) is 11.8 Å². The number of rotatable bonds is 9. The Morgan fingerprint density at radius 2 is 1.72 bits per heavy atom. The quantitative estimate of drug-likeness (QED) is 0.221. The highest BCUT2D eigenvalue weighted by Crippen LogP contribution is 2.58. The second-order valence-corrected chi connectivity index (χ2v) is 14.0. The Hall–Kier alpha value is -4.00. The van der Waals surface area contributed by atoms with E-state index in [1.54, 1.807) is 15.9 Å². The van der Waals surface area contributed by atoms with Crippen LogP contribution in [0.25, 0.3) is 0 Å². The molecule has 4 aliphatic heterocycles. The zero-order valence-corrected chi connectivity index (χ0v) is 30.1. The van der Waals surface area contributed by atoms with Crippen LogP contribution in [0.1, 0.15) is 51.1 Å². The molecule has 4 heterocycles. The molecule has 0 aromatic heterocycles. The van der Waals surface area contributed by atoms with Crippen molar-refractivity contribution < 1.29 is 33.8 Å². The number of amides is 3. The van der Waals surface area contributed by atoms with Crippen molar-refractivity contribution in [1.29, 1.82) is 0 Å². The number of cyclic esters (lactones) is 1. The van der Waals surface area contributed by atoms with Gasteiger partial charge in [0, 0.05) is 55.1 Å². The fraction of sp³-hybridized carbons (Fsp3) is 0.474. The lowest BCUT2D eigenvalue weighted by atomic mass is 9.74. The average molecular weight is 750 g/mol. The van der Waals surface area contributed by atoms with Gasteiger partial charge in [0.2, 0.25) is 11.8 Å². The van der Waals surface area contributed by atoms with Gasteiger partial charge < -0.3 is 34.6 Å². The first-order valence-corrected chi connectivity index (χ1v) is 18.3. The summed E-state index contributed by atoms with van der Waals surface area (Å²) in [6.45, 7) is 6.11. The highest BCUT2D eigenvalue weighted by molar-refractivity contribution is 9.11. The zero-order chi connectivity index (χ0) is 35.4. The third-order valence-electron chi connectivity index (χ3n) is 10.2. The summed E-state index contributed by atoms with van der Waals surface area (Å²) >= 11 is 3.63. The molecule has 0 saturated carbocycles. The summed E-state index contributed by atoms with van der Waals surface area (Å²) in [4.78, 5) is 62.1. The number of nitrogens with zero attached hydrogens (tertiary/aromatic N) is 3. The Morgan fingerprint density at radius 3 is 2.42 bits per heavy atom. The van der Waals surface area contributed by atoms with E-state index in [1.165, 1.54) is 0 Å². The first-order chi connectivity index (χ1) is 24.2. The second kappa shape index (κ2) is 15.5. The molecule has 2 fully saturated rings. The molecule has 0 aliphatic carbocycles. The minimum absolute atomic E-state index is 0.0501. The van der Waals surface area contributed by atoms with Gasteiger partial charge in [-0.15, -0.1) is 0 Å². The van der Waals surface area contributed by atoms with Crippen LogP contribution in [0.4, 0.5) is 11.4 Å². The van der Waals surface area contributed by atoms with Crippen LogP contribution < -0.4 is 15.1 Å². The topological polar surface area (TPSA) is 129 Å². The number of nitrogens with one attached hydrogen (secondary N) is 1. The van der Waals surface area contributed by atoms with Gasteiger partial charge in [0.25, 0.3) is 5.91 Å². The maximum absolute atomic E-state index is 15.1. The van der Waals surface area contributed by atoms with Crippen LogP contribution in [-0.2, 0) is 28.7 Å². The third kappa shape index (κ3) is 6.72. The van der Waals surface area contributed by atoms with Crippen molar-refractivity contribution >= 4 is 51.0 Å². The van der Waals surface area contributed by atoms with Crippen molar-refractivity contribution in [3.63, 3.8) is 0 Å². The molecule has 2 aromatic carbocycles. The Balaban J connectivity index is 1.43. The van der Waals surface area contributed by atoms with Gasteiger partial charge in [0.1, 0.15) is 24.4 Å². The number of allylic oxidation sites excluding steroid dienone is 1. The normalized spacial score (nSPS) is 29.0. The van der Waals surface area contributed by atoms with Gasteiger partial charge in [0.05, 0.1) is 17.9 Å². The average Bonchev–Trinajstić information content (AvgIpc) is 3.72. The number of fused-ring (bicyclic) bond motifs is 2. The van der Waals surface area contributed by atoms with E-state index in [9.17, 15) is 19.5 Å². The monoisotopic (exact) mass is 748 g/mol. The van der Waals surface area contributed by atoms with E-state index >= 15 is 4.79 Å². The van der Waals surface area contributed by atoms with E-state index in [0.717, 1.165) is 24.3 Å². The molecule has 5 bridgehead atoms. The van der Waals surface area contributed by atoms with Crippen LogP contribution in [0, 0.1) is 11.8 Å². The molecule has 6 rings (SSSR count). The number of anilines is 2. The number of esters is 1. The summed E-state index contributed by atoms with van der Waals surface area (Å²) in [6.07, 6.45) is 6.18. The second-order valence-electron chi connectivity index (χ2n) is 13.1. The molecule has 6 atom stereocenters. The number of hydrogen-bond acceptors (Lipinski definition) is 8. The fourth-order valence-electron chi connectivity index (χ4n) is 7.75. The van der Waals surface area contributed by atoms with E-state index in [0.29, 0.717) is 29.4 Å². The van der Waals surface area contributed by atoms with Gasteiger partial charge >= 0.3 is 5.97 Å². The van der Waals surface area contributed by atoms with Gasteiger partial charge in [-0.2, -0.15) is 0 Å². The van der Waals surface area contributed by atoms with Crippen LogP contribution in [0.2, 0.25) is 0 Å². The van der Waals surface area contributed by atoms with Crippen LogP contribution in [0.3, 0.4) is 0 Å². The van der Waals surface area contributed by atoms with Gasteiger partial charge in [-0.1, -0.05) is 58.4 Å². The maximum atomic E-state index is 15.1. The van der Waals surface area contributed by atoms with Crippen molar-refractivity contribution in [2.75, 3.05) is 49.2 Å². The molecule has 50 heavy (non-hydrogen) atoms. The van der Waals surface area contributed by atoms with E-state index in [-0.39, 0.29) is 44.5 Å². The predicted octanol–water partition coefficient (Wildman–Crippen LogP) is 4.26. The fourth-order valence-corrected chi connectivity index (χ4v) is 8.49. The standard InChI is InChI=1S/C38H45BrN4O7/c1-3-41(4-2)26-16-18-27(19-17-26)42-20-10-6-9-15-30(45)49-24-29(25-13-7-5-8-14-25)40-35(46)31-32-36(47)43(21-11-12-22-44)34(37(42)48)38(32)23-28(39)33(31)50-38/h5-8,10,13-14,16-19,23,29,31-34,44H,3-4,9,11-12,15,20-22,24H2,1-2H3,(H,40,46)/b10-6-/t29-,31-,32+,33-,34-,38+/m1/s1. The Bertz CT molecular complexity index is 1630. The van der Waals surface area contributed by atoms with E-state index in [1.807, 2.05) is 66.7 Å². The lowest BCUT2D eigenvalue weighted by Crippen LogP contribution is -2.56. The largest absolute Gasteiger partial charge is 0.463 e. The molecule has 12 heteroatoms. The number of likely N-dealkylation sites (tertiary alicyclic amines) is 1. The van der Waals surface area contributed by atoms with Crippen LogP contribution >= 0.6 is 15.9 Å². The van der Waals surface area contributed by atoms with Crippen molar-refractivity contribution in [1.82, 2.24) is 10.2 Å². The molecular formula is C38H45BrN4O7. The predicted molar refractivity (Wildman–Crippen MR) is 192 cm³/mol. The lowest BCUT2D eigenvalue weighted by Gasteiger charge is -2.36. The molecule has 0 unspecified atom stereocenters. The Morgan fingerprint density at radius 1 is 0.980 bits per heavy atom.